The van der Waals surface area contributed by atoms with E-state index in [0.717, 1.165) is 12.8 Å². The number of hydrazone groups is 1. The zero-order valence-electron chi connectivity index (χ0n) is 12.7. The van der Waals surface area contributed by atoms with Gasteiger partial charge in [0, 0.05) is 18.7 Å². The summed E-state index contributed by atoms with van der Waals surface area (Å²) in [6, 6.07) is 5.30. The van der Waals surface area contributed by atoms with Crippen LogP contribution in [0.15, 0.2) is 23.3 Å². The molecule has 0 spiro atoms. The van der Waals surface area contributed by atoms with Crippen molar-refractivity contribution in [1.82, 2.24) is 10.3 Å². The molecule has 1 saturated heterocycles. The van der Waals surface area contributed by atoms with Gasteiger partial charge in [0.1, 0.15) is 0 Å². The molecule has 7 nitrogen and oxygen atoms in total. The summed E-state index contributed by atoms with van der Waals surface area (Å²) in [6.45, 7) is 1.25. The number of benzene rings is 1. The van der Waals surface area contributed by atoms with Crippen LogP contribution in [-0.4, -0.2) is 50.2 Å². The molecule has 0 aromatic heterocycles. The summed E-state index contributed by atoms with van der Waals surface area (Å²) in [6.07, 6.45) is 3.28. The van der Waals surface area contributed by atoms with E-state index in [1.165, 1.54) is 25.3 Å². The van der Waals surface area contributed by atoms with Crippen molar-refractivity contribution in [1.29, 1.82) is 0 Å². The maximum Gasteiger partial charge on any atom is 0.329 e. The lowest BCUT2D eigenvalue weighted by atomic mass is 10.2. The summed E-state index contributed by atoms with van der Waals surface area (Å²) in [5.41, 5.74) is 2.87. The van der Waals surface area contributed by atoms with Crippen molar-refractivity contribution in [3.63, 3.8) is 0 Å². The van der Waals surface area contributed by atoms with Gasteiger partial charge in [0.15, 0.2) is 11.5 Å². The third-order valence-corrected chi connectivity index (χ3v) is 3.39. The van der Waals surface area contributed by atoms with Crippen molar-refractivity contribution in [2.24, 2.45) is 5.10 Å². The van der Waals surface area contributed by atoms with Crippen molar-refractivity contribution in [2.75, 3.05) is 27.3 Å². The van der Waals surface area contributed by atoms with Crippen LogP contribution in [0.25, 0.3) is 0 Å². The monoisotopic (exact) mass is 305 g/mol. The van der Waals surface area contributed by atoms with Crippen molar-refractivity contribution in [2.45, 2.75) is 12.8 Å². The van der Waals surface area contributed by atoms with Gasteiger partial charge in [-0.1, -0.05) is 6.07 Å². The number of ether oxygens (including phenoxy) is 2. The van der Waals surface area contributed by atoms with Gasteiger partial charge in [-0.2, -0.15) is 5.10 Å². The zero-order chi connectivity index (χ0) is 15.9. The van der Waals surface area contributed by atoms with Gasteiger partial charge in [0.05, 0.1) is 20.4 Å². The van der Waals surface area contributed by atoms with Gasteiger partial charge in [0.2, 0.25) is 0 Å². The molecule has 1 fully saturated rings. The number of methoxy groups -OCH3 is 2. The summed E-state index contributed by atoms with van der Waals surface area (Å²) in [5, 5.41) is 3.81. The van der Waals surface area contributed by atoms with Gasteiger partial charge in [0.25, 0.3) is 0 Å². The Kier molecular flexibility index (Phi) is 5.35. The number of amides is 2. The normalized spacial score (nSPS) is 14.2. The van der Waals surface area contributed by atoms with E-state index < -0.39 is 11.8 Å². The van der Waals surface area contributed by atoms with E-state index in [4.69, 9.17) is 9.47 Å². The second kappa shape index (κ2) is 7.44. The Morgan fingerprint density at radius 1 is 1.23 bits per heavy atom. The van der Waals surface area contributed by atoms with E-state index in [9.17, 15) is 9.59 Å². The van der Waals surface area contributed by atoms with E-state index in [2.05, 4.69) is 10.5 Å². The second-order valence-electron chi connectivity index (χ2n) is 4.78. The smallest absolute Gasteiger partial charge is 0.329 e. The highest BCUT2D eigenvalue weighted by Gasteiger charge is 2.23. The van der Waals surface area contributed by atoms with Crippen LogP contribution >= 0.6 is 0 Å². The third kappa shape index (κ3) is 3.55. The summed E-state index contributed by atoms with van der Waals surface area (Å²) in [7, 11) is 3.06. The molecular weight excluding hydrogens is 286 g/mol. The molecule has 2 amide bonds. The van der Waals surface area contributed by atoms with E-state index in [-0.39, 0.29) is 0 Å². The lowest BCUT2D eigenvalue weighted by Gasteiger charge is -2.13. The molecule has 0 saturated carbocycles. The number of carbonyl (C=O) groups excluding carboxylic acids is 2. The molecule has 2 rings (SSSR count). The highest BCUT2D eigenvalue weighted by Crippen LogP contribution is 2.29. The Hall–Kier alpha value is -2.57. The summed E-state index contributed by atoms with van der Waals surface area (Å²) >= 11 is 0. The molecule has 1 aliphatic rings. The predicted octanol–water partition coefficient (Wildman–Crippen LogP) is 0.776. The minimum Gasteiger partial charge on any atom is -0.493 e. The molecule has 22 heavy (non-hydrogen) atoms. The topological polar surface area (TPSA) is 80.2 Å². The van der Waals surface area contributed by atoms with Crippen molar-refractivity contribution >= 4 is 18.0 Å². The van der Waals surface area contributed by atoms with Gasteiger partial charge in [-0.25, -0.2) is 5.43 Å². The molecule has 0 bridgehead atoms. The molecule has 0 atom stereocenters. The van der Waals surface area contributed by atoms with E-state index in [0.29, 0.717) is 30.2 Å². The number of nitrogens with zero attached hydrogens (tertiary/aromatic N) is 2. The maximum atomic E-state index is 11.8. The standard InChI is InChI=1S/C15H19N3O4/c1-21-12-7-5-6-11(13(12)22-2)10-16-17-14(19)15(20)18-8-3-4-9-18/h5-7,10H,3-4,8-9H2,1-2H3,(H,17,19)/b16-10+. The predicted molar refractivity (Wildman–Crippen MR) is 81.1 cm³/mol. The van der Waals surface area contributed by atoms with Gasteiger partial charge < -0.3 is 14.4 Å². The largest absolute Gasteiger partial charge is 0.493 e. The molecule has 1 N–H and O–H groups in total. The molecule has 7 heteroatoms. The minimum atomic E-state index is -0.736. The highest BCUT2D eigenvalue weighted by molar-refractivity contribution is 6.35. The van der Waals surface area contributed by atoms with Crippen LogP contribution in [0.3, 0.4) is 0 Å². The van der Waals surface area contributed by atoms with Gasteiger partial charge in [-0.15, -0.1) is 0 Å². The molecule has 1 aromatic carbocycles. The fourth-order valence-electron chi connectivity index (χ4n) is 2.29. The minimum absolute atomic E-state index is 0.508. The van der Waals surface area contributed by atoms with Crippen LogP contribution in [0, 0.1) is 0 Å². The molecule has 1 aromatic rings. The van der Waals surface area contributed by atoms with Gasteiger partial charge >= 0.3 is 11.8 Å². The number of rotatable bonds is 4. The first-order valence-corrected chi connectivity index (χ1v) is 7.00. The number of likely N-dealkylation sites (tertiary alicyclic amines) is 1. The van der Waals surface area contributed by atoms with E-state index in [1.807, 2.05) is 0 Å². The number of nitrogens with one attached hydrogen (secondary N) is 1. The fourth-order valence-corrected chi connectivity index (χ4v) is 2.29. The molecule has 0 radical (unpaired) electrons. The van der Waals surface area contributed by atoms with Crippen LogP contribution in [-0.2, 0) is 9.59 Å². The highest BCUT2D eigenvalue weighted by atomic mass is 16.5. The first-order chi connectivity index (χ1) is 10.7. The molecule has 1 aliphatic heterocycles. The van der Waals surface area contributed by atoms with Crippen molar-refractivity contribution in [3.05, 3.63) is 23.8 Å². The summed E-state index contributed by atoms with van der Waals surface area (Å²) < 4.78 is 10.4. The Bertz CT molecular complexity index is 580. The number of para-hydroxylation sites is 1. The van der Waals surface area contributed by atoms with Crippen LogP contribution in [0.2, 0.25) is 0 Å². The average molecular weight is 305 g/mol. The Morgan fingerprint density at radius 3 is 2.59 bits per heavy atom. The average Bonchev–Trinajstić information content (AvgIpc) is 3.08. The van der Waals surface area contributed by atoms with Gasteiger partial charge in [-0.05, 0) is 25.0 Å². The molecule has 0 unspecified atom stereocenters. The summed E-state index contributed by atoms with van der Waals surface area (Å²) in [4.78, 5) is 25.1. The number of hydrogen-bond acceptors (Lipinski definition) is 5. The lowest BCUT2D eigenvalue weighted by molar-refractivity contribution is -0.145. The second-order valence-corrected chi connectivity index (χ2v) is 4.78. The molecule has 0 aliphatic carbocycles. The molecule has 118 valence electrons. The number of hydrogen-bond donors (Lipinski definition) is 1. The maximum absolute atomic E-state index is 11.8. The van der Waals surface area contributed by atoms with Gasteiger partial charge in [-0.3, -0.25) is 9.59 Å². The first kappa shape index (κ1) is 15.8. The quantitative estimate of drug-likeness (QED) is 0.506. The Labute approximate surface area is 128 Å². The van der Waals surface area contributed by atoms with Crippen LogP contribution in [0.5, 0.6) is 11.5 Å². The zero-order valence-corrected chi connectivity index (χ0v) is 12.7. The van der Waals surface area contributed by atoms with Crippen LogP contribution in [0.4, 0.5) is 0 Å². The molecule has 1 heterocycles. The lowest BCUT2D eigenvalue weighted by Crippen LogP contribution is -2.39. The van der Waals surface area contributed by atoms with Crippen molar-refractivity contribution < 1.29 is 19.1 Å². The Balaban J connectivity index is 2.00. The number of carbonyl (C=O) groups is 2. The Morgan fingerprint density at radius 2 is 1.95 bits per heavy atom. The fraction of sp³-hybridized carbons (Fsp3) is 0.400. The van der Waals surface area contributed by atoms with Crippen molar-refractivity contribution in [3.8, 4) is 11.5 Å². The van der Waals surface area contributed by atoms with E-state index >= 15 is 0 Å². The SMILES string of the molecule is COc1cccc(/C=N/NC(=O)C(=O)N2CCCC2)c1OC. The summed E-state index contributed by atoms with van der Waals surface area (Å²) in [5.74, 6) is -0.216. The van der Waals surface area contributed by atoms with E-state index in [1.54, 1.807) is 18.2 Å². The molecular formula is C15H19N3O4. The first-order valence-electron chi connectivity index (χ1n) is 7.00. The third-order valence-electron chi connectivity index (χ3n) is 3.39. The van der Waals surface area contributed by atoms with Crippen LogP contribution in [0.1, 0.15) is 18.4 Å². The van der Waals surface area contributed by atoms with Crippen LogP contribution < -0.4 is 14.9 Å².